The van der Waals surface area contributed by atoms with Crippen molar-refractivity contribution in [1.82, 2.24) is 0 Å². The first-order valence-electron chi connectivity index (χ1n) is 6.67. The number of pyridine rings is 1. The predicted molar refractivity (Wildman–Crippen MR) is 75.9 cm³/mol. The summed E-state index contributed by atoms with van der Waals surface area (Å²) in [6, 6.07) is 15.3. The maximum Gasteiger partial charge on any atom is 0.192 e. The van der Waals surface area contributed by atoms with Gasteiger partial charge in [-0.2, -0.15) is 0 Å². The fourth-order valence-electron chi connectivity index (χ4n) is 2.02. The molecule has 0 radical (unpaired) electrons. The van der Waals surface area contributed by atoms with Crippen molar-refractivity contribution >= 4 is 22.7 Å². The number of rotatable bonds is 2. The second kappa shape index (κ2) is 7.82. The van der Waals surface area contributed by atoms with Gasteiger partial charge in [-0.05, 0) is 22.9 Å². The van der Waals surface area contributed by atoms with Gasteiger partial charge in [0.2, 0.25) is 0 Å². The summed E-state index contributed by atoms with van der Waals surface area (Å²) in [7, 11) is -4.94. The highest BCUT2D eigenvalue weighted by atomic mass is 35.7. The monoisotopic (exact) mass is 348 g/mol. The van der Waals surface area contributed by atoms with E-state index in [1.54, 1.807) is 18.5 Å². The van der Waals surface area contributed by atoms with Gasteiger partial charge in [-0.3, -0.25) is 0 Å². The zero-order valence-corrected chi connectivity index (χ0v) is 13.0. The van der Waals surface area contributed by atoms with Gasteiger partial charge < -0.3 is 5.11 Å². The molecule has 3 rings (SSSR count). The van der Waals surface area contributed by atoms with Crippen LogP contribution < -0.4 is 23.6 Å². The quantitative estimate of drug-likeness (QED) is 0.553. The molecule has 0 atom stereocenters. The van der Waals surface area contributed by atoms with Gasteiger partial charge >= 0.3 is 0 Å². The Morgan fingerprint density at radius 1 is 0.958 bits per heavy atom. The summed E-state index contributed by atoms with van der Waals surface area (Å²) in [5, 5.41) is 12.1. The molecule has 3 aromatic rings. The number of hydrogen-bond donors (Lipinski definition) is 1. The fourth-order valence-corrected chi connectivity index (χ4v) is 2.02. The normalized spacial score (nSPS) is 11.3. The molecule has 1 heterocycles. The van der Waals surface area contributed by atoms with Crippen molar-refractivity contribution in [3.05, 3.63) is 66.5 Å². The number of nitrogens with one attached hydrogen (secondary N) is 1. The summed E-state index contributed by atoms with van der Waals surface area (Å²) in [6.07, 6.45) is 5.33. The molecule has 2 aromatic carbocycles. The fraction of sp³-hybridized carbons (Fsp3) is 0. The highest BCUT2D eigenvalue weighted by Crippen LogP contribution is 2.26. The molecule has 0 aliphatic heterocycles. The number of phenols is 1. The predicted octanol–water partition coefficient (Wildman–Crippen LogP) is -1.65. The van der Waals surface area contributed by atoms with Gasteiger partial charge in [-0.1, -0.05) is 30.3 Å². The molecule has 8 heteroatoms. The smallest absolute Gasteiger partial charge is 0.192 e. The van der Waals surface area contributed by atoms with Crippen molar-refractivity contribution in [3.8, 4) is 5.75 Å². The number of fused-ring (bicyclic) bond motifs is 1. The Hall–Kier alpha value is -2.55. The summed E-state index contributed by atoms with van der Waals surface area (Å²) in [4.78, 5) is 7.34. The van der Waals surface area contributed by atoms with Gasteiger partial charge in [0.25, 0.3) is 0 Å². The van der Waals surface area contributed by atoms with Gasteiger partial charge in [0.05, 0.1) is 0 Å². The minimum atomic E-state index is -4.94. The minimum absolute atomic E-state index is 0.238. The lowest BCUT2D eigenvalue weighted by molar-refractivity contribution is -2.00. The molecule has 7 nitrogen and oxygen atoms in total. The maximum atomic E-state index is 9.99. The first kappa shape index (κ1) is 17.8. The zero-order chi connectivity index (χ0) is 17.6. The van der Waals surface area contributed by atoms with Crippen molar-refractivity contribution < 1.29 is 39.0 Å². The lowest BCUT2D eigenvalue weighted by Gasteiger charge is -2.17. The second-order valence-electron chi connectivity index (χ2n) is 4.62. The van der Waals surface area contributed by atoms with E-state index in [1.807, 2.05) is 48.7 Å². The Kier molecular flexibility index (Phi) is 5.80. The molecule has 0 saturated heterocycles. The number of aliphatic imine (C=N–C) groups is 1. The molecule has 0 spiro atoms. The van der Waals surface area contributed by atoms with Crippen molar-refractivity contribution in [3.63, 3.8) is 0 Å². The van der Waals surface area contributed by atoms with Crippen molar-refractivity contribution in [2.75, 3.05) is 0 Å². The number of aromatic hydroxyl groups is 1. The molecule has 0 unspecified atom stereocenters. The van der Waals surface area contributed by atoms with Crippen LogP contribution in [0.25, 0.3) is 10.8 Å². The number of nitrogens with zero attached hydrogens (tertiary/aromatic N) is 1. The molecular formula is C16H13ClN2O5. The lowest BCUT2D eigenvalue weighted by Crippen LogP contribution is -2.68. The third-order valence-electron chi connectivity index (χ3n) is 2.98. The number of aromatic amines is 1. The Morgan fingerprint density at radius 2 is 1.67 bits per heavy atom. The maximum absolute atomic E-state index is 9.99. The van der Waals surface area contributed by atoms with Gasteiger partial charge in [0, 0.05) is 17.8 Å². The Morgan fingerprint density at radius 3 is 2.33 bits per heavy atom. The third-order valence-corrected chi connectivity index (χ3v) is 2.98. The van der Waals surface area contributed by atoms with E-state index < -0.39 is 10.2 Å². The minimum Gasteiger partial charge on any atom is -0.507 e. The van der Waals surface area contributed by atoms with Crippen molar-refractivity contribution in [2.24, 2.45) is 4.99 Å². The molecular weight excluding hydrogens is 336 g/mol. The van der Waals surface area contributed by atoms with Crippen LogP contribution in [0.2, 0.25) is 0 Å². The van der Waals surface area contributed by atoms with E-state index in [1.165, 1.54) is 0 Å². The second-order valence-corrected chi connectivity index (χ2v) is 5.37. The van der Waals surface area contributed by atoms with Gasteiger partial charge in [0.15, 0.2) is 12.4 Å². The number of benzene rings is 2. The van der Waals surface area contributed by atoms with Crippen LogP contribution in [0.15, 0.2) is 65.9 Å². The molecule has 2 N–H and O–H groups in total. The molecule has 0 bridgehead atoms. The SMILES string of the molecule is Oc1ccc2ccccc2c1C=Nc1ccc[nH+]c1.[O-][Cl+3]([O-])([O-])[O-]. The first-order chi connectivity index (χ1) is 11.3. The molecule has 0 aliphatic rings. The average molecular weight is 349 g/mol. The highest BCUT2D eigenvalue weighted by molar-refractivity contribution is 6.02. The molecule has 124 valence electrons. The molecule has 0 aliphatic carbocycles. The van der Waals surface area contributed by atoms with E-state index in [9.17, 15) is 5.11 Å². The van der Waals surface area contributed by atoms with Crippen LogP contribution in [-0.2, 0) is 0 Å². The van der Waals surface area contributed by atoms with E-state index in [0.29, 0.717) is 0 Å². The number of halogens is 1. The summed E-state index contributed by atoms with van der Waals surface area (Å²) in [6.45, 7) is 0. The van der Waals surface area contributed by atoms with Crippen LogP contribution in [0.3, 0.4) is 0 Å². The van der Waals surface area contributed by atoms with Crippen LogP contribution in [0.1, 0.15) is 5.56 Å². The number of phenolic OH excluding ortho intramolecular Hbond substituents is 1. The van der Waals surface area contributed by atoms with Crippen LogP contribution in [0, 0.1) is 10.2 Å². The van der Waals surface area contributed by atoms with Crippen LogP contribution >= 0.6 is 0 Å². The van der Waals surface area contributed by atoms with Crippen molar-refractivity contribution in [1.29, 1.82) is 0 Å². The van der Waals surface area contributed by atoms with E-state index in [4.69, 9.17) is 18.6 Å². The topological polar surface area (TPSA) is 139 Å². The van der Waals surface area contributed by atoms with Crippen LogP contribution in [0.4, 0.5) is 5.69 Å². The molecule has 0 fully saturated rings. The Labute approximate surface area is 139 Å². The molecule has 0 saturated carbocycles. The summed E-state index contributed by atoms with van der Waals surface area (Å²) in [5.41, 5.74) is 1.55. The zero-order valence-electron chi connectivity index (χ0n) is 12.3. The van der Waals surface area contributed by atoms with E-state index in [0.717, 1.165) is 22.0 Å². The summed E-state index contributed by atoms with van der Waals surface area (Å²) < 4.78 is 34.0. The van der Waals surface area contributed by atoms with E-state index in [2.05, 4.69) is 9.98 Å². The molecule has 1 aromatic heterocycles. The Bertz CT molecular complexity index is 829. The van der Waals surface area contributed by atoms with Gasteiger partial charge in [-0.25, -0.2) is 28.6 Å². The Balaban J connectivity index is 0.000000368. The number of H-pyrrole nitrogens is 1. The van der Waals surface area contributed by atoms with Gasteiger partial charge in [-0.15, -0.1) is 10.2 Å². The largest absolute Gasteiger partial charge is 0.507 e. The molecule has 24 heavy (non-hydrogen) atoms. The highest BCUT2D eigenvalue weighted by Gasteiger charge is 2.04. The van der Waals surface area contributed by atoms with Crippen LogP contribution in [-0.4, -0.2) is 11.3 Å². The van der Waals surface area contributed by atoms with E-state index in [-0.39, 0.29) is 5.75 Å². The van der Waals surface area contributed by atoms with Gasteiger partial charge in [0.1, 0.15) is 11.4 Å². The number of aromatic nitrogens is 1. The van der Waals surface area contributed by atoms with Crippen molar-refractivity contribution in [2.45, 2.75) is 0 Å². The third kappa shape index (κ3) is 5.58. The van der Waals surface area contributed by atoms with Crippen LogP contribution in [0.5, 0.6) is 5.75 Å². The summed E-state index contributed by atoms with van der Waals surface area (Å²) in [5.74, 6) is 0.238. The summed E-state index contributed by atoms with van der Waals surface area (Å²) >= 11 is 0. The average Bonchev–Trinajstić information content (AvgIpc) is 2.53. The molecule has 0 amide bonds. The standard InChI is InChI=1S/C16H12N2O.ClHO4/c19-16-8-7-12-4-1-2-6-14(12)15(16)11-18-13-5-3-9-17-10-13;2-1(3,4)5/h1-11,19H;(H,2,3,4,5). The first-order valence-corrected chi connectivity index (χ1v) is 7.91. The lowest BCUT2D eigenvalue weighted by atomic mass is 10.0. The van der Waals surface area contributed by atoms with E-state index >= 15 is 0 Å². The number of hydrogen-bond acceptors (Lipinski definition) is 6.